The monoisotopic (exact) mass is 580 g/mol. The largest absolute Gasteiger partial charge is 0.244 e. The summed E-state index contributed by atoms with van der Waals surface area (Å²) in [4.78, 5) is 12.6. The van der Waals surface area contributed by atoms with Crippen LogP contribution in [0, 0.1) is 11.8 Å². The van der Waals surface area contributed by atoms with Gasteiger partial charge in [-0.1, -0.05) is 79.1 Å². The summed E-state index contributed by atoms with van der Waals surface area (Å²) in [7, 11) is 0. The zero-order chi connectivity index (χ0) is 26.5. The van der Waals surface area contributed by atoms with E-state index in [2.05, 4.69) is 50.6 Å². The lowest BCUT2D eigenvalue weighted by atomic mass is 9.92. The third kappa shape index (κ3) is 5.94. The van der Waals surface area contributed by atoms with Gasteiger partial charge in [-0.15, -0.1) is 45.3 Å². The van der Waals surface area contributed by atoms with Crippen LogP contribution in [0.3, 0.4) is 0 Å². The molecule has 0 bridgehead atoms. The van der Waals surface area contributed by atoms with Crippen LogP contribution in [-0.4, -0.2) is 9.97 Å². The molecule has 0 saturated carbocycles. The first-order chi connectivity index (χ1) is 18.7. The summed E-state index contributed by atoms with van der Waals surface area (Å²) in [6.07, 6.45) is 12.8. The maximum absolute atomic E-state index is 4.95. The number of unbranched alkanes of at least 4 members (excludes halogenated alkanes) is 2. The lowest BCUT2D eigenvalue weighted by Gasteiger charge is -2.13. The predicted octanol–water partition coefficient (Wildman–Crippen LogP) is 11.9. The van der Waals surface area contributed by atoms with Crippen LogP contribution in [0.1, 0.15) is 90.2 Å². The summed E-state index contributed by atoms with van der Waals surface area (Å²) in [5, 5.41) is 4.77. The second kappa shape index (κ2) is 13.2. The number of hydrogen-bond donors (Lipinski definition) is 0. The molecule has 0 saturated heterocycles. The Labute approximate surface area is 244 Å². The molecule has 202 valence electrons. The molecule has 5 rings (SSSR count). The van der Waals surface area contributed by atoms with E-state index >= 15 is 0 Å². The highest BCUT2D eigenvalue weighted by Crippen LogP contribution is 2.48. The van der Waals surface area contributed by atoms with Gasteiger partial charge in [0.05, 0.1) is 31.5 Å². The van der Waals surface area contributed by atoms with Gasteiger partial charge >= 0.3 is 0 Å². The van der Waals surface area contributed by atoms with Crippen molar-refractivity contribution >= 4 is 65.8 Å². The van der Waals surface area contributed by atoms with Crippen molar-refractivity contribution in [3.8, 4) is 20.9 Å². The Morgan fingerprint density at radius 1 is 0.632 bits per heavy atom. The molecule has 2 nitrogen and oxygen atoms in total. The van der Waals surface area contributed by atoms with E-state index in [0.29, 0.717) is 0 Å². The molecule has 4 heterocycles. The summed E-state index contributed by atoms with van der Waals surface area (Å²) >= 11 is 7.31. The van der Waals surface area contributed by atoms with Crippen molar-refractivity contribution in [1.29, 1.82) is 0 Å². The topological polar surface area (TPSA) is 25.8 Å². The van der Waals surface area contributed by atoms with E-state index in [1.165, 1.54) is 106 Å². The van der Waals surface area contributed by atoms with Gasteiger partial charge in [0.2, 0.25) is 0 Å². The lowest BCUT2D eigenvalue weighted by Crippen LogP contribution is -2.02. The predicted molar refractivity (Wildman–Crippen MR) is 173 cm³/mol. The highest BCUT2D eigenvalue weighted by molar-refractivity contribution is 7.21. The van der Waals surface area contributed by atoms with Crippen LogP contribution in [-0.2, 0) is 12.8 Å². The summed E-state index contributed by atoms with van der Waals surface area (Å²) in [6, 6.07) is 4.88. The summed E-state index contributed by atoms with van der Waals surface area (Å²) in [5.41, 5.74) is 11.9. The van der Waals surface area contributed by atoms with Crippen molar-refractivity contribution in [2.24, 2.45) is 11.8 Å². The third-order valence-electron chi connectivity index (χ3n) is 8.00. The first-order valence-corrected chi connectivity index (χ1v) is 18.0. The Balaban J connectivity index is 1.50. The van der Waals surface area contributed by atoms with Gasteiger partial charge in [-0.3, -0.25) is 0 Å². The van der Waals surface area contributed by atoms with E-state index in [1.54, 1.807) is 22.7 Å². The Morgan fingerprint density at radius 3 is 1.47 bits per heavy atom. The molecule has 0 spiro atoms. The SMILES string of the molecule is CCCCC(CC)Cc1csc(-c2c3ncsc3c(-c3cc(CC(CC)CCCC)cs3)c3ncsc23)c1. The van der Waals surface area contributed by atoms with Gasteiger partial charge in [0.25, 0.3) is 0 Å². The minimum atomic E-state index is 0.782. The number of benzene rings is 1. The lowest BCUT2D eigenvalue weighted by molar-refractivity contribution is 0.449. The smallest absolute Gasteiger partial charge is 0.0921 e. The number of aromatic nitrogens is 2. The molecule has 2 atom stereocenters. The Hall–Kier alpha value is -1.60. The molecule has 0 aliphatic carbocycles. The van der Waals surface area contributed by atoms with Gasteiger partial charge in [-0.05, 0) is 58.7 Å². The molecular formula is C32H40N2S4. The minimum Gasteiger partial charge on any atom is -0.244 e. The highest BCUT2D eigenvalue weighted by Gasteiger charge is 2.23. The van der Waals surface area contributed by atoms with Gasteiger partial charge in [-0.25, -0.2) is 9.97 Å². The zero-order valence-electron chi connectivity index (χ0n) is 23.2. The van der Waals surface area contributed by atoms with Gasteiger partial charge in [0, 0.05) is 20.9 Å². The van der Waals surface area contributed by atoms with Gasteiger partial charge in [0.15, 0.2) is 0 Å². The standard InChI is InChI=1S/C32H40N2S4/c1-5-9-11-21(7-3)13-23-15-25(35-17-23)27-29-32(38-19-33-29)28(30-31(27)37-20-34-30)26-16-24(18-36-26)14-22(8-4)12-10-6-2/h15-22H,5-14H2,1-4H3. The molecule has 4 aromatic heterocycles. The fourth-order valence-electron chi connectivity index (χ4n) is 5.66. The van der Waals surface area contributed by atoms with Crippen LogP contribution in [0.4, 0.5) is 0 Å². The van der Waals surface area contributed by atoms with Crippen LogP contribution in [0.25, 0.3) is 41.3 Å². The Kier molecular flexibility index (Phi) is 9.69. The molecule has 0 amide bonds. The molecule has 5 aromatic rings. The number of thiazole rings is 2. The molecule has 0 N–H and O–H groups in total. The number of thiophene rings is 2. The normalized spacial score (nSPS) is 13.6. The van der Waals surface area contributed by atoms with Crippen molar-refractivity contribution < 1.29 is 0 Å². The second-order valence-electron chi connectivity index (χ2n) is 10.7. The summed E-state index contributed by atoms with van der Waals surface area (Å²) in [6.45, 7) is 9.28. The van der Waals surface area contributed by atoms with Crippen molar-refractivity contribution in [3.05, 3.63) is 45.0 Å². The van der Waals surface area contributed by atoms with Crippen LogP contribution in [0.15, 0.2) is 33.9 Å². The Bertz CT molecular complexity index is 1300. The molecule has 0 fully saturated rings. The Morgan fingerprint density at radius 2 is 1.08 bits per heavy atom. The van der Waals surface area contributed by atoms with Gasteiger partial charge < -0.3 is 0 Å². The molecule has 38 heavy (non-hydrogen) atoms. The molecule has 6 heteroatoms. The van der Waals surface area contributed by atoms with Crippen LogP contribution in [0.2, 0.25) is 0 Å². The minimum absolute atomic E-state index is 0.782. The molecule has 2 unspecified atom stereocenters. The van der Waals surface area contributed by atoms with Crippen LogP contribution >= 0.6 is 45.3 Å². The molecule has 0 aliphatic rings. The highest BCUT2D eigenvalue weighted by atomic mass is 32.1. The quantitative estimate of drug-likeness (QED) is 0.130. The number of fused-ring (bicyclic) bond motifs is 2. The molecular weight excluding hydrogens is 541 g/mol. The molecule has 1 aromatic carbocycles. The molecule has 0 aliphatic heterocycles. The summed E-state index contributed by atoms with van der Waals surface area (Å²) in [5.74, 6) is 1.56. The number of hydrogen-bond acceptors (Lipinski definition) is 6. The molecule has 0 radical (unpaired) electrons. The van der Waals surface area contributed by atoms with Crippen molar-refractivity contribution in [2.45, 2.75) is 91.9 Å². The number of nitrogens with zero attached hydrogens (tertiary/aromatic N) is 2. The maximum atomic E-state index is 4.95. The number of rotatable bonds is 14. The van der Waals surface area contributed by atoms with E-state index < -0.39 is 0 Å². The van der Waals surface area contributed by atoms with Crippen LogP contribution in [0.5, 0.6) is 0 Å². The van der Waals surface area contributed by atoms with Crippen molar-refractivity contribution in [1.82, 2.24) is 9.97 Å². The third-order valence-corrected chi connectivity index (χ3v) is 11.7. The van der Waals surface area contributed by atoms with Gasteiger partial charge in [-0.2, -0.15) is 0 Å². The van der Waals surface area contributed by atoms with Crippen LogP contribution < -0.4 is 0 Å². The van der Waals surface area contributed by atoms with E-state index in [1.807, 2.05) is 33.7 Å². The zero-order valence-corrected chi connectivity index (χ0v) is 26.5. The summed E-state index contributed by atoms with van der Waals surface area (Å²) < 4.78 is 2.57. The fourth-order valence-corrected chi connectivity index (χ4v) is 9.45. The maximum Gasteiger partial charge on any atom is 0.0921 e. The van der Waals surface area contributed by atoms with E-state index in [-0.39, 0.29) is 0 Å². The van der Waals surface area contributed by atoms with Crippen molar-refractivity contribution in [2.75, 3.05) is 0 Å². The fraction of sp³-hybridized carbons (Fsp3) is 0.500. The van der Waals surface area contributed by atoms with Gasteiger partial charge in [0.1, 0.15) is 0 Å². The van der Waals surface area contributed by atoms with E-state index in [4.69, 9.17) is 9.97 Å². The van der Waals surface area contributed by atoms with E-state index in [0.717, 1.165) is 22.9 Å². The average molecular weight is 581 g/mol. The average Bonchev–Trinajstić information content (AvgIpc) is 3.75. The van der Waals surface area contributed by atoms with Crippen molar-refractivity contribution in [3.63, 3.8) is 0 Å². The first kappa shape index (κ1) is 27.9. The van der Waals surface area contributed by atoms with E-state index in [9.17, 15) is 0 Å². The first-order valence-electron chi connectivity index (χ1n) is 14.4. The second-order valence-corrected chi connectivity index (χ2v) is 14.2.